The lowest BCUT2D eigenvalue weighted by atomic mass is 10.1. The summed E-state index contributed by atoms with van der Waals surface area (Å²) in [6, 6.07) is 14.3. The summed E-state index contributed by atoms with van der Waals surface area (Å²) in [4.78, 5) is 31.9. The van der Waals surface area contributed by atoms with Crippen molar-refractivity contribution in [2.24, 2.45) is 0 Å². The van der Waals surface area contributed by atoms with Crippen molar-refractivity contribution in [1.29, 1.82) is 0 Å². The molecule has 0 aliphatic heterocycles. The minimum Gasteiger partial charge on any atom is -0.347 e. The number of hydrogen-bond acceptors (Lipinski definition) is 5. The van der Waals surface area contributed by atoms with Crippen LogP contribution in [0.25, 0.3) is 0 Å². The van der Waals surface area contributed by atoms with Crippen LogP contribution >= 0.6 is 0 Å². The lowest BCUT2D eigenvalue weighted by Crippen LogP contribution is -2.24. The van der Waals surface area contributed by atoms with Gasteiger partial charge in [-0.15, -0.1) is 0 Å². The van der Waals surface area contributed by atoms with Gasteiger partial charge < -0.3 is 10.6 Å². The number of ketones is 1. The predicted molar refractivity (Wildman–Crippen MR) is 99.3 cm³/mol. The number of Topliss-reactive ketones (excluding diaryl/α,β-unsaturated/α-hetero) is 1. The molecule has 1 heterocycles. The molecule has 1 aromatic heterocycles. The average Bonchev–Trinajstić information content (AvgIpc) is 2.68. The van der Waals surface area contributed by atoms with Gasteiger partial charge in [-0.25, -0.2) is 14.4 Å². The van der Waals surface area contributed by atoms with Crippen LogP contribution in [0.4, 0.5) is 16.0 Å². The Hall–Kier alpha value is -3.61. The summed E-state index contributed by atoms with van der Waals surface area (Å²) in [5, 5.41) is 5.72. The zero-order valence-electron chi connectivity index (χ0n) is 14.6. The van der Waals surface area contributed by atoms with Crippen molar-refractivity contribution in [2.75, 3.05) is 5.32 Å². The van der Waals surface area contributed by atoms with Crippen molar-refractivity contribution in [3.63, 3.8) is 0 Å². The number of benzene rings is 2. The standard InChI is InChI=1S/C20H17FN4O2/c1-13(26)15-4-8-17(9-5-15)24-20-22-11-10-18(25-20)19(27)23-12-14-2-6-16(21)7-3-14/h2-11H,12H2,1H3,(H,23,27)(H,22,24,25). The molecule has 0 radical (unpaired) electrons. The highest BCUT2D eigenvalue weighted by Crippen LogP contribution is 2.14. The summed E-state index contributed by atoms with van der Waals surface area (Å²) in [5.41, 5.74) is 2.29. The monoisotopic (exact) mass is 364 g/mol. The van der Waals surface area contributed by atoms with Crippen molar-refractivity contribution < 1.29 is 14.0 Å². The van der Waals surface area contributed by atoms with Gasteiger partial charge in [0.2, 0.25) is 5.95 Å². The van der Waals surface area contributed by atoms with E-state index in [0.717, 1.165) is 5.56 Å². The van der Waals surface area contributed by atoms with Gasteiger partial charge in [0.25, 0.3) is 5.91 Å². The molecule has 2 N–H and O–H groups in total. The highest BCUT2D eigenvalue weighted by Gasteiger charge is 2.09. The first-order chi connectivity index (χ1) is 13.0. The molecule has 0 unspecified atom stereocenters. The van der Waals surface area contributed by atoms with Crippen LogP contribution in [0.3, 0.4) is 0 Å². The van der Waals surface area contributed by atoms with Crippen LogP contribution in [-0.4, -0.2) is 21.7 Å². The molecule has 3 rings (SSSR count). The van der Waals surface area contributed by atoms with Gasteiger partial charge >= 0.3 is 0 Å². The van der Waals surface area contributed by atoms with Crippen LogP contribution in [0.1, 0.15) is 33.3 Å². The average molecular weight is 364 g/mol. The fraction of sp³-hybridized carbons (Fsp3) is 0.100. The third-order valence-corrected chi connectivity index (χ3v) is 3.80. The number of carbonyl (C=O) groups excluding carboxylic acids is 2. The van der Waals surface area contributed by atoms with E-state index < -0.39 is 0 Å². The molecule has 0 spiro atoms. The zero-order valence-corrected chi connectivity index (χ0v) is 14.6. The van der Waals surface area contributed by atoms with Gasteiger partial charge in [0.05, 0.1) is 0 Å². The van der Waals surface area contributed by atoms with Gasteiger partial charge in [-0.3, -0.25) is 9.59 Å². The first-order valence-electron chi connectivity index (χ1n) is 8.25. The molecular formula is C20H17FN4O2. The molecule has 0 aliphatic carbocycles. The molecule has 7 heteroatoms. The molecule has 136 valence electrons. The number of amides is 1. The van der Waals surface area contributed by atoms with Crippen molar-refractivity contribution in [3.05, 3.63) is 83.4 Å². The second-order valence-electron chi connectivity index (χ2n) is 5.83. The predicted octanol–water partition coefficient (Wildman–Crippen LogP) is 3.49. The number of nitrogens with one attached hydrogen (secondary N) is 2. The molecule has 2 aromatic carbocycles. The quantitative estimate of drug-likeness (QED) is 0.654. The summed E-state index contributed by atoms with van der Waals surface area (Å²) in [6.07, 6.45) is 1.48. The molecule has 27 heavy (non-hydrogen) atoms. The van der Waals surface area contributed by atoms with Crippen LogP contribution in [0.5, 0.6) is 0 Å². The SMILES string of the molecule is CC(=O)c1ccc(Nc2nccc(C(=O)NCc3ccc(F)cc3)n2)cc1. The van der Waals surface area contributed by atoms with Crippen LogP contribution in [0.15, 0.2) is 60.8 Å². The van der Waals surface area contributed by atoms with E-state index in [1.165, 1.54) is 31.3 Å². The van der Waals surface area contributed by atoms with E-state index in [-0.39, 0.29) is 35.7 Å². The maximum atomic E-state index is 12.9. The van der Waals surface area contributed by atoms with Gasteiger partial charge in [0.15, 0.2) is 5.78 Å². The highest BCUT2D eigenvalue weighted by atomic mass is 19.1. The minimum atomic E-state index is -0.364. The molecule has 1 amide bonds. The van der Waals surface area contributed by atoms with E-state index in [1.807, 2.05) is 0 Å². The van der Waals surface area contributed by atoms with Crippen LogP contribution in [-0.2, 0) is 6.54 Å². The smallest absolute Gasteiger partial charge is 0.270 e. The number of rotatable bonds is 6. The first-order valence-corrected chi connectivity index (χ1v) is 8.25. The maximum Gasteiger partial charge on any atom is 0.270 e. The number of nitrogens with zero attached hydrogens (tertiary/aromatic N) is 2. The number of halogens is 1. The van der Waals surface area contributed by atoms with Crippen molar-refractivity contribution >= 4 is 23.3 Å². The first kappa shape index (κ1) is 18.2. The largest absolute Gasteiger partial charge is 0.347 e. The van der Waals surface area contributed by atoms with Gasteiger partial charge in [0, 0.05) is 24.0 Å². The minimum absolute atomic E-state index is 0.0161. The van der Waals surface area contributed by atoms with E-state index in [1.54, 1.807) is 36.4 Å². The van der Waals surface area contributed by atoms with Gasteiger partial charge in [-0.2, -0.15) is 0 Å². The summed E-state index contributed by atoms with van der Waals surface area (Å²) in [6.45, 7) is 1.76. The molecule has 6 nitrogen and oxygen atoms in total. The van der Waals surface area contributed by atoms with E-state index in [0.29, 0.717) is 11.3 Å². The molecule has 0 fully saturated rings. The normalized spacial score (nSPS) is 10.3. The maximum absolute atomic E-state index is 12.9. The van der Waals surface area contributed by atoms with Crippen molar-refractivity contribution in [3.8, 4) is 0 Å². The Morgan fingerprint density at radius 2 is 1.70 bits per heavy atom. The number of hydrogen-bond donors (Lipinski definition) is 2. The Bertz CT molecular complexity index is 956. The van der Waals surface area contributed by atoms with Crippen LogP contribution < -0.4 is 10.6 Å². The Kier molecular flexibility index (Phi) is 5.51. The van der Waals surface area contributed by atoms with Crippen molar-refractivity contribution in [1.82, 2.24) is 15.3 Å². The third-order valence-electron chi connectivity index (χ3n) is 3.80. The molecule has 0 saturated carbocycles. The summed E-state index contributed by atoms with van der Waals surface area (Å²) >= 11 is 0. The van der Waals surface area contributed by atoms with Crippen molar-refractivity contribution in [2.45, 2.75) is 13.5 Å². The Morgan fingerprint density at radius 1 is 1.00 bits per heavy atom. The van der Waals surface area contributed by atoms with E-state index in [4.69, 9.17) is 0 Å². The molecule has 0 bridgehead atoms. The number of carbonyl (C=O) groups is 2. The number of aromatic nitrogens is 2. The lowest BCUT2D eigenvalue weighted by Gasteiger charge is -2.08. The van der Waals surface area contributed by atoms with Gasteiger partial charge in [-0.1, -0.05) is 12.1 Å². The van der Waals surface area contributed by atoms with E-state index >= 15 is 0 Å². The Balaban J connectivity index is 1.64. The molecule has 0 atom stereocenters. The molecule has 3 aromatic rings. The topological polar surface area (TPSA) is 84.0 Å². The summed E-state index contributed by atoms with van der Waals surface area (Å²) in [7, 11) is 0. The van der Waals surface area contributed by atoms with Gasteiger partial charge in [-0.05, 0) is 55.0 Å². The van der Waals surface area contributed by atoms with E-state index in [2.05, 4.69) is 20.6 Å². The fourth-order valence-corrected chi connectivity index (χ4v) is 2.34. The molecule has 0 saturated heterocycles. The van der Waals surface area contributed by atoms with Gasteiger partial charge in [0.1, 0.15) is 11.5 Å². The molecule has 0 aliphatic rings. The fourth-order valence-electron chi connectivity index (χ4n) is 2.34. The summed E-state index contributed by atoms with van der Waals surface area (Å²) < 4.78 is 12.9. The third kappa shape index (κ3) is 4.94. The highest BCUT2D eigenvalue weighted by molar-refractivity contribution is 5.94. The lowest BCUT2D eigenvalue weighted by molar-refractivity contribution is 0.0945. The zero-order chi connectivity index (χ0) is 19.2. The second kappa shape index (κ2) is 8.18. The molecular weight excluding hydrogens is 347 g/mol. The van der Waals surface area contributed by atoms with E-state index in [9.17, 15) is 14.0 Å². The van der Waals surface area contributed by atoms with Crippen LogP contribution in [0, 0.1) is 5.82 Å². The Labute approximate surface area is 155 Å². The Morgan fingerprint density at radius 3 is 2.37 bits per heavy atom. The summed E-state index contributed by atoms with van der Waals surface area (Å²) in [5.74, 6) is -0.442. The van der Waals surface area contributed by atoms with Crippen LogP contribution in [0.2, 0.25) is 0 Å². The second-order valence-corrected chi connectivity index (χ2v) is 5.83. The number of anilines is 2.